The van der Waals surface area contributed by atoms with Gasteiger partial charge in [0.2, 0.25) is 0 Å². The summed E-state index contributed by atoms with van der Waals surface area (Å²) in [6.07, 6.45) is 0.946. The van der Waals surface area contributed by atoms with E-state index in [1.54, 1.807) is 24.3 Å². The van der Waals surface area contributed by atoms with Crippen LogP contribution in [0.4, 0.5) is 10.5 Å². The highest BCUT2D eigenvalue weighted by molar-refractivity contribution is 5.95. The van der Waals surface area contributed by atoms with Crippen molar-refractivity contribution in [3.63, 3.8) is 0 Å². The Morgan fingerprint density at radius 3 is 2.52 bits per heavy atom. The molecule has 23 heavy (non-hydrogen) atoms. The molecule has 2 unspecified atom stereocenters. The Balaban J connectivity index is 1.90. The van der Waals surface area contributed by atoms with Gasteiger partial charge in [0, 0.05) is 23.3 Å². The minimum Gasteiger partial charge on any atom is -0.349 e. The molecule has 0 spiro atoms. The van der Waals surface area contributed by atoms with Gasteiger partial charge in [-0.3, -0.25) is 4.79 Å². The van der Waals surface area contributed by atoms with Gasteiger partial charge in [-0.2, -0.15) is 0 Å². The number of anilines is 1. The molecule has 1 fully saturated rings. The third kappa shape index (κ3) is 5.25. The summed E-state index contributed by atoms with van der Waals surface area (Å²) in [5.74, 6) is 0.357. The lowest BCUT2D eigenvalue weighted by molar-refractivity contribution is 0.0914. The summed E-state index contributed by atoms with van der Waals surface area (Å²) >= 11 is 0. The van der Waals surface area contributed by atoms with E-state index < -0.39 is 0 Å². The minimum absolute atomic E-state index is 0.0677. The van der Waals surface area contributed by atoms with Crippen molar-refractivity contribution in [3.8, 4) is 0 Å². The van der Waals surface area contributed by atoms with Crippen LogP contribution in [0.3, 0.4) is 0 Å². The van der Waals surface area contributed by atoms with Crippen molar-refractivity contribution in [2.45, 2.75) is 39.3 Å². The maximum absolute atomic E-state index is 12.3. The monoisotopic (exact) mass is 318 g/mol. The number of amides is 3. The van der Waals surface area contributed by atoms with E-state index in [0.717, 1.165) is 19.5 Å². The highest BCUT2D eigenvalue weighted by Gasteiger charge is 2.22. The molecule has 2 rings (SSSR count). The SMILES string of the molecule is CC(C)NC(=O)Nc1ccc(C(=O)NC2CCNCC2C)cc1. The van der Waals surface area contributed by atoms with E-state index in [1.165, 1.54) is 0 Å². The molecule has 1 aromatic rings. The number of benzene rings is 1. The van der Waals surface area contributed by atoms with E-state index >= 15 is 0 Å². The fraction of sp³-hybridized carbons (Fsp3) is 0.529. The van der Waals surface area contributed by atoms with Crippen molar-refractivity contribution in [3.05, 3.63) is 29.8 Å². The van der Waals surface area contributed by atoms with E-state index in [2.05, 4.69) is 28.2 Å². The van der Waals surface area contributed by atoms with Crippen LogP contribution in [0.15, 0.2) is 24.3 Å². The molecule has 0 saturated carbocycles. The predicted octanol–water partition coefficient (Wildman–Crippen LogP) is 1.94. The second-order valence-electron chi connectivity index (χ2n) is 6.38. The molecule has 6 heteroatoms. The minimum atomic E-state index is -0.249. The van der Waals surface area contributed by atoms with Crippen LogP contribution in [0.5, 0.6) is 0 Å². The average molecular weight is 318 g/mol. The highest BCUT2D eigenvalue weighted by Crippen LogP contribution is 2.13. The molecule has 1 aromatic carbocycles. The van der Waals surface area contributed by atoms with E-state index in [-0.39, 0.29) is 24.0 Å². The van der Waals surface area contributed by atoms with Crippen molar-refractivity contribution < 1.29 is 9.59 Å². The van der Waals surface area contributed by atoms with Gasteiger partial charge < -0.3 is 21.3 Å². The van der Waals surface area contributed by atoms with Crippen molar-refractivity contribution in [2.75, 3.05) is 18.4 Å². The zero-order chi connectivity index (χ0) is 16.8. The topological polar surface area (TPSA) is 82.3 Å². The molecule has 0 radical (unpaired) electrons. The Morgan fingerprint density at radius 2 is 1.91 bits per heavy atom. The van der Waals surface area contributed by atoms with Crippen LogP contribution >= 0.6 is 0 Å². The van der Waals surface area contributed by atoms with Crippen LogP contribution < -0.4 is 21.3 Å². The molecule has 1 aliphatic rings. The zero-order valence-electron chi connectivity index (χ0n) is 14.0. The van der Waals surface area contributed by atoms with Gasteiger partial charge in [-0.1, -0.05) is 6.92 Å². The third-order valence-electron chi connectivity index (χ3n) is 3.93. The number of urea groups is 1. The molecule has 1 saturated heterocycles. The Kier molecular flexibility index (Phi) is 5.98. The van der Waals surface area contributed by atoms with Crippen molar-refractivity contribution in [1.29, 1.82) is 0 Å². The predicted molar refractivity (Wildman–Crippen MR) is 91.6 cm³/mol. The van der Waals surface area contributed by atoms with Crippen LogP contribution in [-0.4, -0.2) is 37.1 Å². The average Bonchev–Trinajstić information content (AvgIpc) is 2.49. The van der Waals surface area contributed by atoms with Crippen LogP contribution in [-0.2, 0) is 0 Å². The van der Waals surface area contributed by atoms with Gasteiger partial charge in [0.25, 0.3) is 5.91 Å². The number of piperidine rings is 1. The lowest BCUT2D eigenvalue weighted by atomic mass is 9.95. The molecule has 1 aliphatic heterocycles. The molecule has 6 nitrogen and oxygen atoms in total. The van der Waals surface area contributed by atoms with E-state index in [1.807, 2.05) is 13.8 Å². The Labute approximate surface area is 137 Å². The fourth-order valence-corrected chi connectivity index (χ4v) is 2.61. The molecule has 4 N–H and O–H groups in total. The van der Waals surface area contributed by atoms with E-state index in [0.29, 0.717) is 17.2 Å². The molecular weight excluding hydrogens is 292 g/mol. The second-order valence-corrected chi connectivity index (χ2v) is 6.38. The van der Waals surface area contributed by atoms with Crippen molar-refractivity contribution >= 4 is 17.6 Å². The standard InChI is InChI=1S/C17H26N4O2/c1-11(2)19-17(23)20-14-6-4-13(5-7-14)16(22)21-15-8-9-18-10-12(15)3/h4-7,11-12,15,18H,8-10H2,1-3H3,(H,21,22)(H2,19,20,23). The first-order chi connectivity index (χ1) is 11.0. The summed E-state index contributed by atoms with van der Waals surface area (Å²) in [6.45, 7) is 7.79. The summed E-state index contributed by atoms with van der Waals surface area (Å²) in [7, 11) is 0. The van der Waals surface area contributed by atoms with Gasteiger partial charge in [0.05, 0.1) is 0 Å². The van der Waals surface area contributed by atoms with Crippen LogP contribution in [0.1, 0.15) is 37.6 Å². The van der Waals surface area contributed by atoms with Crippen LogP contribution in [0.25, 0.3) is 0 Å². The molecule has 0 aromatic heterocycles. The van der Waals surface area contributed by atoms with Gasteiger partial charge in [-0.05, 0) is 63.5 Å². The van der Waals surface area contributed by atoms with E-state index in [9.17, 15) is 9.59 Å². The summed E-state index contributed by atoms with van der Waals surface area (Å²) in [5, 5.41) is 11.9. The number of rotatable bonds is 4. The first kappa shape index (κ1) is 17.3. The Bertz CT molecular complexity index is 542. The smallest absolute Gasteiger partial charge is 0.319 e. The summed E-state index contributed by atoms with van der Waals surface area (Å²) in [5.41, 5.74) is 1.26. The normalized spacial score (nSPS) is 20.9. The maximum Gasteiger partial charge on any atom is 0.319 e. The van der Waals surface area contributed by atoms with Crippen LogP contribution in [0, 0.1) is 5.92 Å². The molecule has 0 bridgehead atoms. The van der Waals surface area contributed by atoms with Crippen LogP contribution in [0.2, 0.25) is 0 Å². The van der Waals surface area contributed by atoms with Gasteiger partial charge in [0.15, 0.2) is 0 Å². The second kappa shape index (κ2) is 7.97. The molecule has 3 amide bonds. The lowest BCUT2D eigenvalue weighted by Gasteiger charge is -2.30. The highest BCUT2D eigenvalue weighted by atomic mass is 16.2. The Morgan fingerprint density at radius 1 is 1.22 bits per heavy atom. The first-order valence-corrected chi connectivity index (χ1v) is 8.15. The van der Waals surface area contributed by atoms with Gasteiger partial charge in [-0.25, -0.2) is 4.79 Å². The molecular formula is C17H26N4O2. The quantitative estimate of drug-likeness (QED) is 0.685. The summed E-state index contributed by atoms with van der Waals surface area (Å²) in [4.78, 5) is 23.9. The number of carbonyl (C=O) groups is 2. The first-order valence-electron chi connectivity index (χ1n) is 8.15. The zero-order valence-corrected chi connectivity index (χ0v) is 14.0. The molecule has 1 heterocycles. The molecule has 126 valence electrons. The maximum atomic E-state index is 12.3. The number of carbonyl (C=O) groups excluding carboxylic acids is 2. The lowest BCUT2D eigenvalue weighted by Crippen LogP contribution is -2.48. The Hall–Kier alpha value is -2.08. The summed E-state index contributed by atoms with van der Waals surface area (Å²) < 4.78 is 0. The van der Waals surface area contributed by atoms with Crippen molar-refractivity contribution in [2.24, 2.45) is 5.92 Å². The number of hydrogen-bond donors (Lipinski definition) is 4. The largest absolute Gasteiger partial charge is 0.349 e. The molecule has 2 atom stereocenters. The fourth-order valence-electron chi connectivity index (χ4n) is 2.61. The third-order valence-corrected chi connectivity index (χ3v) is 3.93. The van der Waals surface area contributed by atoms with E-state index in [4.69, 9.17) is 0 Å². The molecule has 0 aliphatic carbocycles. The van der Waals surface area contributed by atoms with Gasteiger partial charge in [-0.15, -0.1) is 0 Å². The van der Waals surface area contributed by atoms with Crippen molar-refractivity contribution in [1.82, 2.24) is 16.0 Å². The van der Waals surface area contributed by atoms with Gasteiger partial charge >= 0.3 is 6.03 Å². The summed E-state index contributed by atoms with van der Waals surface area (Å²) in [6, 6.07) is 6.96. The van der Waals surface area contributed by atoms with Gasteiger partial charge in [0.1, 0.15) is 0 Å². The number of nitrogens with one attached hydrogen (secondary N) is 4. The number of hydrogen-bond acceptors (Lipinski definition) is 3.